The lowest BCUT2D eigenvalue weighted by Gasteiger charge is -2.15. The molecule has 5 nitrogen and oxygen atoms in total. The van der Waals surface area contributed by atoms with Crippen LogP contribution in [0.1, 0.15) is 31.4 Å². The number of nitrogens with zero attached hydrogens (tertiary/aromatic N) is 2. The van der Waals surface area contributed by atoms with E-state index in [-0.39, 0.29) is 18.2 Å². The summed E-state index contributed by atoms with van der Waals surface area (Å²) in [5.74, 6) is -0.0291. The van der Waals surface area contributed by atoms with Crippen molar-refractivity contribution in [2.45, 2.75) is 25.8 Å². The van der Waals surface area contributed by atoms with E-state index in [0.717, 1.165) is 16.7 Å². The van der Waals surface area contributed by atoms with Crippen LogP contribution < -0.4 is 4.72 Å². The molecule has 0 spiro atoms. The zero-order chi connectivity index (χ0) is 16.7. The summed E-state index contributed by atoms with van der Waals surface area (Å²) in [6.07, 6.45) is 4.10. The summed E-state index contributed by atoms with van der Waals surface area (Å²) in [4.78, 5) is 4.09. The fraction of sp³-hybridized carbons (Fsp3) is 0.294. The number of unbranched alkanes of at least 4 members (excludes halogenated alkanes) is 1. The predicted octanol–water partition coefficient (Wildman–Crippen LogP) is 3.03. The van der Waals surface area contributed by atoms with Gasteiger partial charge < -0.3 is 0 Å². The third-order valence-corrected chi connectivity index (χ3v) is 5.00. The topological polar surface area (TPSA) is 82.9 Å². The molecular weight excluding hydrogens is 310 g/mol. The van der Waals surface area contributed by atoms with Crippen LogP contribution in [0.4, 0.5) is 0 Å². The molecule has 0 aliphatic carbocycles. The second-order valence-electron chi connectivity index (χ2n) is 5.28. The first-order valence-electron chi connectivity index (χ1n) is 7.39. The SMILES string of the molecule is CC(NS(=O)(=O)CCCC#N)c1ccc(-c2cccnc2)cc1. The van der Waals surface area contributed by atoms with Gasteiger partial charge in [-0.15, -0.1) is 0 Å². The van der Waals surface area contributed by atoms with Gasteiger partial charge in [0.25, 0.3) is 0 Å². The van der Waals surface area contributed by atoms with Gasteiger partial charge in [0.15, 0.2) is 0 Å². The van der Waals surface area contributed by atoms with E-state index in [4.69, 9.17) is 5.26 Å². The number of sulfonamides is 1. The zero-order valence-corrected chi connectivity index (χ0v) is 13.8. The minimum absolute atomic E-state index is 0.0291. The van der Waals surface area contributed by atoms with Crippen molar-refractivity contribution in [2.75, 3.05) is 5.75 Å². The number of nitriles is 1. The summed E-state index contributed by atoms with van der Waals surface area (Å²) in [6, 6.07) is 13.2. The Hall–Kier alpha value is -2.23. The van der Waals surface area contributed by atoms with Crippen molar-refractivity contribution in [1.82, 2.24) is 9.71 Å². The number of hydrogen-bond donors (Lipinski definition) is 1. The molecule has 2 aromatic rings. The van der Waals surface area contributed by atoms with E-state index in [1.807, 2.05) is 42.5 Å². The van der Waals surface area contributed by atoms with Crippen LogP contribution in [0.25, 0.3) is 11.1 Å². The van der Waals surface area contributed by atoms with Crippen LogP contribution in [0.3, 0.4) is 0 Å². The van der Waals surface area contributed by atoms with Crippen LogP contribution in [0, 0.1) is 11.3 Å². The van der Waals surface area contributed by atoms with Gasteiger partial charge in [0, 0.05) is 24.9 Å². The smallest absolute Gasteiger partial charge is 0.212 e. The summed E-state index contributed by atoms with van der Waals surface area (Å²) in [7, 11) is -3.37. The number of benzene rings is 1. The van der Waals surface area contributed by atoms with Gasteiger partial charge in [0.2, 0.25) is 10.0 Å². The average molecular weight is 329 g/mol. The Morgan fingerprint density at radius 3 is 2.57 bits per heavy atom. The lowest BCUT2D eigenvalue weighted by Crippen LogP contribution is -2.29. The Morgan fingerprint density at radius 2 is 1.96 bits per heavy atom. The number of nitrogens with one attached hydrogen (secondary N) is 1. The van der Waals surface area contributed by atoms with Crippen LogP contribution in [-0.2, 0) is 10.0 Å². The number of aromatic nitrogens is 1. The van der Waals surface area contributed by atoms with Crippen molar-refractivity contribution in [2.24, 2.45) is 0 Å². The van der Waals surface area contributed by atoms with Crippen molar-refractivity contribution in [3.8, 4) is 17.2 Å². The standard InChI is InChI=1S/C17H19N3O2S/c1-14(20-23(21,22)12-3-2-10-18)15-6-8-16(9-7-15)17-5-4-11-19-13-17/h4-9,11,13-14,20H,2-3,12H2,1H3. The Labute approximate surface area is 137 Å². The van der Waals surface area contributed by atoms with Crippen LogP contribution in [0.5, 0.6) is 0 Å². The van der Waals surface area contributed by atoms with Crippen molar-refractivity contribution in [1.29, 1.82) is 5.26 Å². The van der Waals surface area contributed by atoms with Crippen LogP contribution in [-0.4, -0.2) is 19.2 Å². The molecule has 120 valence electrons. The molecule has 1 aromatic carbocycles. The molecule has 0 aliphatic rings. The van der Waals surface area contributed by atoms with Crippen molar-refractivity contribution < 1.29 is 8.42 Å². The molecule has 0 radical (unpaired) electrons. The lowest BCUT2D eigenvalue weighted by atomic mass is 10.0. The summed E-state index contributed by atoms with van der Waals surface area (Å²) in [5.41, 5.74) is 2.94. The predicted molar refractivity (Wildman–Crippen MR) is 89.9 cm³/mol. The maximum atomic E-state index is 11.9. The van der Waals surface area contributed by atoms with E-state index in [0.29, 0.717) is 6.42 Å². The second-order valence-corrected chi connectivity index (χ2v) is 7.16. The quantitative estimate of drug-likeness (QED) is 0.791. The maximum absolute atomic E-state index is 11.9. The Balaban J connectivity index is 2.03. The fourth-order valence-electron chi connectivity index (χ4n) is 2.24. The van der Waals surface area contributed by atoms with Gasteiger partial charge in [-0.25, -0.2) is 13.1 Å². The van der Waals surface area contributed by atoms with E-state index >= 15 is 0 Å². The van der Waals surface area contributed by atoms with Gasteiger partial charge in [-0.3, -0.25) is 4.98 Å². The molecule has 1 atom stereocenters. The number of rotatable bonds is 7. The van der Waals surface area contributed by atoms with Gasteiger partial charge in [-0.2, -0.15) is 5.26 Å². The minimum Gasteiger partial charge on any atom is -0.264 e. The van der Waals surface area contributed by atoms with Crippen LogP contribution >= 0.6 is 0 Å². The van der Waals surface area contributed by atoms with Crippen LogP contribution in [0.2, 0.25) is 0 Å². The highest BCUT2D eigenvalue weighted by molar-refractivity contribution is 7.89. The van der Waals surface area contributed by atoms with Crippen LogP contribution in [0.15, 0.2) is 48.8 Å². The van der Waals surface area contributed by atoms with E-state index in [9.17, 15) is 8.42 Å². The van der Waals surface area contributed by atoms with Gasteiger partial charge in [-0.1, -0.05) is 30.3 Å². The van der Waals surface area contributed by atoms with Gasteiger partial charge >= 0.3 is 0 Å². The molecular formula is C17H19N3O2S. The Morgan fingerprint density at radius 1 is 1.22 bits per heavy atom. The highest BCUT2D eigenvalue weighted by atomic mass is 32.2. The van der Waals surface area contributed by atoms with Crippen molar-refractivity contribution in [3.63, 3.8) is 0 Å². The number of pyridine rings is 1. The normalized spacial score (nSPS) is 12.5. The largest absolute Gasteiger partial charge is 0.264 e. The molecule has 1 aromatic heterocycles. The summed E-state index contributed by atoms with van der Waals surface area (Å²) < 4.78 is 26.5. The van der Waals surface area contributed by atoms with Crippen molar-refractivity contribution in [3.05, 3.63) is 54.4 Å². The molecule has 0 amide bonds. The molecule has 1 heterocycles. The molecule has 0 saturated heterocycles. The van der Waals surface area contributed by atoms with Crippen molar-refractivity contribution >= 4 is 10.0 Å². The van der Waals surface area contributed by atoms with E-state index in [2.05, 4.69) is 9.71 Å². The third-order valence-electron chi connectivity index (χ3n) is 3.46. The Kier molecular flexibility index (Phi) is 5.85. The molecule has 0 aliphatic heterocycles. The first-order chi connectivity index (χ1) is 11.0. The fourth-order valence-corrected chi connectivity index (χ4v) is 3.55. The molecule has 0 bridgehead atoms. The molecule has 1 unspecified atom stereocenters. The maximum Gasteiger partial charge on any atom is 0.212 e. The summed E-state index contributed by atoms with van der Waals surface area (Å²) >= 11 is 0. The lowest BCUT2D eigenvalue weighted by molar-refractivity contribution is 0.564. The minimum atomic E-state index is -3.37. The Bertz CT molecular complexity index is 766. The average Bonchev–Trinajstić information content (AvgIpc) is 2.55. The highest BCUT2D eigenvalue weighted by Crippen LogP contribution is 2.21. The molecule has 2 rings (SSSR count). The monoisotopic (exact) mass is 329 g/mol. The third kappa shape index (κ3) is 5.16. The first-order valence-corrected chi connectivity index (χ1v) is 9.04. The number of hydrogen-bond acceptors (Lipinski definition) is 4. The molecule has 1 N–H and O–H groups in total. The second kappa shape index (κ2) is 7.86. The molecule has 23 heavy (non-hydrogen) atoms. The first kappa shape index (κ1) is 17.1. The zero-order valence-electron chi connectivity index (χ0n) is 12.9. The van der Waals surface area contributed by atoms with Gasteiger partial charge in [0.1, 0.15) is 0 Å². The van der Waals surface area contributed by atoms with E-state index < -0.39 is 10.0 Å². The molecule has 6 heteroatoms. The highest BCUT2D eigenvalue weighted by Gasteiger charge is 2.15. The van der Waals surface area contributed by atoms with E-state index in [1.165, 1.54) is 0 Å². The summed E-state index contributed by atoms with van der Waals surface area (Å²) in [6.45, 7) is 1.81. The summed E-state index contributed by atoms with van der Waals surface area (Å²) in [5, 5.41) is 8.47. The molecule has 0 saturated carbocycles. The van der Waals surface area contributed by atoms with Gasteiger partial charge in [0.05, 0.1) is 11.8 Å². The van der Waals surface area contributed by atoms with Gasteiger partial charge in [-0.05, 0) is 36.1 Å². The molecule has 0 fully saturated rings. The van der Waals surface area contributed by atoms with E-state index in [1.54, 1.807) is 19.3 Å².